The van der Waals surface area contributed by atoms with Crippen molar-refractivity contribution in [3.05, 3.63) is 94.2 Å². The molecule has 1 amide bonds. The first-order valence-corrected chi connectivity index (χ1v) is 12.0. The van der Waals surface area contributed by atoms with Gasteiger partial charge in [0.05, 0.1) is 12.0 Å². The van der Waals surface area contributed by atoms with Crippen LogP contribution in [0.4, 0.5) is 4.39 Å². The molecule has 0 radical (unpaired) electrons. The zero-order valence-electron chi connectivity index (χ0n) is 20.0. The molecule has 182 valence electrons. The summed E-state index contributed by atoms with van der Waals surface area (Å²) in [4.78, 5) is 30.9. The molecule has 1 aromatic heterocycles. The summed E-state index contributed by atoms with van der Waals surface area (Å²) in [5.74, 6) is -1.11. The van der Waals surface area contributed by atoms with Crippen molar-refractivity contribution in [3.8, 4) is 11.1 Å². The van der Waals surface area contributed by atoms with Crippen LogP contribution in [0.3, 0.4) is 0 Å². The second kappa shape index (κ2) is 9.40. The molecule has 35 heavy (non-hydrogen) atoms. The Morgan fingerprint density at radius 3 is 2.43 bits per heavy atom. The van der Waals surface area contributed by atoms with Gasteiger partial charge >= 0.3 is 0 Å². The van der Waals surface area contributed by atoms with Crippen molar-refractivity contribution < 1.29 is 14.3 Å². The van der Waals surface area contributed by atoms with E-state index >= 15 is 0 Å². The Morgan fingerprint density at radius 2 is 1.77 bits per heavy atom. The Kier molecular flexibility index (Phi) is 6.30. The molecule has 0 spiro atoms. The Labute approximate surface area is 204 Å². The molecule has 4 atom stereocenters. The molecule has 3 heterocycles. The molecule has 1 saturated heterocycles. The van der Waals surface area contributed by atoms with Crippen molar-refractivity contribution in [3.63, 3.8) is 0 Å². The molecule has 0 aliphatic carbocycles. The number of amides is 1. The Bertz CT molecular complexity index is 1270. The summed E-state index contributed by atoms with van der Waals surface area (Å²) >= 11 is 0. The van der Waals surface area contributed by atoms with Crippen LogP contribution in [0.2, 0.25) is 0 Å². The van der Waals surface area contributed by atoms with Crippen molar-refractivity contribution >= 4 is 5.91 Å². The fraction of sp³-hybridized carbons (Fsp3) is 0.357. The number of aliphatic hydroxyl groups is 1. The normalized spacial score (nSPS) is 23.2. The van der Waals surface area contributed by atoms with Crippen molar-refractivity contribution in [2.75, 3.05) is 27.2 Å². The third kappa shape index (κ3) is 4.09. The quantitative estimate of drug-likeness (QED) is 0.596. The van der Waals surface area contributed by atoms with Crippen LogP contribution in [0.15, 0.2) is 71.5 Å². The summed E-state index contributed by atoms with van der Waals surface area (Å²) in [6.07, 6.45) is 0.812. The van der Waals surface area contributed by atoms with E-state index in [4.69, 9.17) is 0 Å². The minimum Gasteiger partial charge on any atom is -0.396 e. The summed E-state index contributed by atoms with van der Waals surface area (Å²) < 4.78 is 15.2. The lowest BCUT2D eigenvalue weighted by Gasteiger charge is -2.38. The third-order valence-corrected chi connectivity index (χ3v) is 7.55. The van der Waals surface area contributed by atoms with E-state index in [2.05, 4.69) is 17.0 Å². The van der Waals surface area contributed by atoms with Crippen LogP contribution in [0.25, 0.3) is 11.1 Å². The standard InChI is InChI=1S/C28H30FN3O3/c1-30(2)28(35)25-22(17-33)24-16-32-23(26(25)31(24)15-14-18-6-4-3-5-7-18)13-12-21(27(32)34)19-8-10-20(29)11-9-19/h3-13,22,24-26,33H,14-17H2,1-2H3/t22-,24-,25+,26+/m0/s1. The molecule has 3 aromatic rings. The number of halogens is 1. The average Bonchev–Trinajstić information content (AvgIpc) is 3.08. The van der Waals surface area contributed by atoms with Gasteiger partial charge < -0.3 is 14.6 Å². The number of rotatable bonds is 6. The largest absolute Gasteiger partial charge is 0.396 e. The lowest BCUT2D eigenvalue weighted by molar-refractivity contribution is -0.135. The topological polar surface area (TPSA) is 65.8 Å². The first kappa shape index (κ1) is 23.5. The van der Waals surface area contributed by atoms with E-state index in [0.29, 0.717) is 17.7 Å². The molecule has 2 bridgehead atoms. The SMILES string of the molecule is CN(C)C(=O)[C@@H]1[C@@H](CO)[C@@H]2Cn3c(ccc(-c4ccc(F)cc4)c3=O)[C@H]1N2CCc1ccccc1. The number of benzene rings is 2. The zero-order valence-corrected chi connectivity index (χ0v) is 20.0. The number of nitrogens with zero attached hydrogens (tertiary/aromatic N) is 3. The second-order valence-corrected chi connectivity index (χ2v) is 9.69. The lowest BCUT2D eigenvalue weighted by Crippen LogP contribution is -2.47. The van der Waals surface area contributed by atoms with Crippen LogP contribution < -0.4 is 5.56 Å². The average molecular weight is 476 g/mol. The number of hydrogen-bond acceptors (Lipinski definition) is 4. The number of aromatic nitrogens is 1. The van der Waals surface area contributed by atoms with Gasteiger partial charge in [-0.3, -0.25) is 14.5 Å². The highest BCUT2D eigenvalue weighted by Gasteiger charge is 2.55. The highest BCUT2D eigenvalue weighted by atomic mass is 19.1. The predicted molar refractivity (Wildman–Crippen MR) is 132 cm³/mol. The van der Waals surface area contributed by atoms with Crippen LogP contribution >= 0.6 is 0 Å². The number of fused-ring (bicyclic) bond motifs is 4. The van der Waals surface area contributed by atoms with Gasteiger partial charge in [0, 0.05) is 57.0 Å². The molecular weight excluding hydrogens is 445 g/mol. The second-order valence-electron chi connectivity index (χ2n) is 9.69. The number of aliphatic hydroxyl groups excluding tert-OH is 1. The number of pyridine rings is 1. The molecule has 0 saturated carbocycles. The highest BCUT2D eigenvalue weighted by Crippen LogP contribution is 2.48. The van der Waals surface area contributed by atoms with Crippen molar-refractivity contribution in [1.29, 1.82) is 0 Å². The Morgan fingerprint density at radius 1 is 1.06 bits per heavy atom. The third-order valence-electron chi connectivity index (χ3n) is 7.55. The zero-order chi connectivity index (χ0) is 24.7. The molecule has 7 heteroatoms. The van der Waals surface area contributed by atoms with Gasteiger partial charge in [0.1, 0.15) is 5.82 Å². The van der Waals surface area contributed by atoms with Crippen LogP contribution in [-0.2, 0) is 17.8 Å². The molecule has 0 unspecified atom stereocenters. The Hall–Kier alpha value is -3.29. The van der Waals surface area contributed by atoms with Gasteiger partial charge in [-0.05, 0) is 41.8 Å². The maximum atomic E-state index is 13.6. The van der Waals surface area contributed by atoms with Gasteiger partial charge in [-0.1, -0.05) is 42.5 Å². The first-order chi connectivity index (χ1) is 16.9. The summed E-state index contributed by atoms with van der Waals surface area (Å²) in [7, 11) is 3.47. The molecule has 6 nitrogen and oxygen atoms in total. The van der Waals surface area contributed by atoms with Gasteiger partial charge in [0.25, 0.3) is 5.56 Å². The van der Waals surface area contributed by atoms with Gasteiger partial charge in [-0.15, -0.1) is 0 Å². The number of carbonyl (C=O) groups is 1. The van der Waals surface area contributed by atoms with Gasteiger partial charge in [0.15, 0.2) is 0 Å². The number of carbonyl (C=O) groups excluding carboxylic acids is 1. The van der Waals surface area contributed by atoms with Gasteiger partial charge in [-0.2, -0.15) is 0 Å². The first-order valence-electron chi connectivity index (χ1n) is 12.0. The van der Waals surface area contributed by atoms with E-state index in [1.54, 1.807) is 41.8 Å². The van der Waals surface area contributed by atoms with E-state index < -0.39 is 5.92 Å². The lowest BCUT2D eigenvalue weighted by atomic mass is 9.86. The van der Waals surface area contributed by atoms with E-state index in [0.717, 1.165) is 18.7 Å². The predicted octanol–water partition coefficient (Wildman–Crippen LogP) is 2.95. The van der Waals surface area contributed by atoms with E-state index in [1.807, 2.05) is 24.3 Å². The fourth-order valence-corrected chi connectivity index (χ4v) is 5.86. The maximum absolute atomic E-state index is 13.6. The van der Waals surface area contributed by atoms with Crippen LogP contribution in [0.5, 0.6) is 0 Å². The van der Waals surface area contributed by atoms with Gasteiger partial charge in [0.2, 0.25) is 5.91 Å². The summed E-state index contributed by atoms with van der Waals surface area (Å²) in [5.41, 5.74) is 3.01. The highest BCUT2D eigenvalue weighted by molar-refractivity contribution is 5.80. The smallest absolute Gasteiger partial charge is 0.258 e. The molecule has 1 N–H and O–H groups in total. The molecule has 2 aromatic carbocycles. The molecule has 5 rings (SSSR count). The minimum atomic E-state index is -0.444. The number of hydrogen-bond donors (Lipinski definition) is 1. The summed E-state index contributed by atoms with van der Waals surface area (Å²) in [6, 6.07) is 19.4. The monoisotopic (exact) mass is 475 g/mol. The van der Waals surface area contributed by atoms with Crippen molar-refractivity contribution in [2.24, 2.45) is 11.8 Å². The van der Waals surface area contributed by atoms with Crippen LogP contribution in [0.1, 0.15) is 17.3 Å². The molecule has 2 aliphatic heterocycles. The molecular formula is C28H30FN3O3. The van der Waals surface area contributed by atoms with E-state index in [1.165, 1.54) is 17.7 Å². The summed E-state index contributed by atoms with van der Waals surface area (Å²) in [5, 5.41) is 10.4. The summed E-state index contributed by atoms with van der Waals surface area (Å²) in [6.45, 7) is 0.999. The molecule has 2 aliphatic rings. The fourth-order valence-electron chi connectivity index (χ4n) is 5.86. The van der Waals surface area contributed by atoms with Crippen LogP contribution in [0, 0.1) is 17.7 Å². The van der Waals surface area contributed by atoms with E-state index in [-0.39, 0.29) is 41.9 Å². The molecule has 1 fully saturated rings. The van der Waals surface area contributed by atoms with Crippen LogP contribution in [-0.4, -0.2) is 58.7 Å². The van der Waals surface area contributed by atoms with Gasteiger partial charge in [-0.25, -0.2) is 4.39 Å². The minimum absolute atomic E-state index is 0.0372. The maximum Gasteiger partial charge on any atom is 0.258 e. The van der Waals surface area contributed by atoms with Crippen molar-refractivity contribution in [1.82, 2.24) is 14.4 Å². The van der Waals surface area contributed by atoms with Crippen molar-refractivity contribution in [2.45, 2.75) is 25.0 Å². The Balaban J connectivity index is 1.58. The van der Waals surface area contributed by atoms with E-state index in [9.17, 15) is 19.1 Å².